The second-order valence-corrected chi connectivity index (χ2v) is 8.30. The summed E-state index contributed by atoms with van der Waals surface area (Å²) in [6.45, 7) is 6.38. The van der Waals surface area contributed by atoms with Gasteiger partial charge in [0, 0.05) is 50.5 Å². The van der Waals surface area contributed by atoms with E-state index in [0.717, 1.165) is 5.56 Å². The van der Waals surface area contributed by atoms with Crippen molar-refractivity contribution < 1.29 is 24.3 Å². The number of carbonyl (C=O) groups excluding carboxylic acids is 3. The Labute approximate surface area is 174 Å². The first-order chi connectivity index (χ1) is 14.2. The van der Waals surface area contributed by atoms with Crippen LogP contribution in [0.4, 0.5) is 4.79 Å². The Hall–Kier alpha value is -3.01. The van der Waals surface area contributed by atoms with Crippen LogP contribution in [0.3, 0.4) is 0 Å². The van der Waals surface area contributed by atoms with Crippen LogP contribution in [-0.2, 0) is 16.0 Å². The topological polar surface area (TPSA) is 132 Å². The molecule has 3 N–H and O–H groups in total. The molecule has 10 nitrogen and oxygen atoms in total. The van der Waals surface area contributed by atoms with Crippen molar-refractivity contribution in [3.05, 3.63) is 29.6 Å². The second kappa shape index (κ2) is 8.78. The van der Waals surface area contributed by atoms with Gasteiger partial charge >= 0.3 is 6.09 Å². The quantitative estimate of drug-likeness (QED) is 0.585. The van der Waals surface area contributed by atoms with Gasteiger partial charge in [-0.1, -0.05) is 0 Å². The highest BCUT2D eigenvalue weighted by atomic mass is 16.4. The van der Waals surface area contributed by atoms with Gasteiger partial charge in [0.05, 0.1) is 5.56 Å². The minimum Gasteiger partial charge on any atom is -0.465 e. The number of carbonyl (C=O) groups is 4. The molecule has 3 heterocycles. The SMILES string of the molecule is CC(C)(Cc1cncc(C(=O)NC2CCC(=O)NC2=O)c1)N1CCN(C(=O)O)CC1. The van der Waals surface area contributed by atoms with Crippen LogP contribution in [-0.4, -0.2) is 81.5 Å². The van der Waals surface area contributed by atoms with E-state index in [1.807, 2.05) is 0 Å². The maximum atomic E-state index is 12.6. The van der Waals surface area contributed by atoms with Gasteiger partial charge < -0.3 is 15.3 Å². The summed E-state index contributed by atoms with van der Waals surface area (Å²) in [6.07, 6.45) is 3.36. The van der Waals surface area contributed by atoms with Crippen LogP contribution in [0, 0.1) is 0 Å². The van der Waals surface area contributed by atoms with E-state index < -0.39 is 23.9 Å². The summed E-state index contributed by atoms with van der Waals surface area (Å²) < 4.78 is 0. The highest BCUT2D eigenvalue weighted by Crippen LogP contribution is 2.22. The molecule has 1 atom stereocenters. The third-order valence-corrected chi connectivity index (χ3v) is 5.64. The number of carboxylic acid groups (broad SMARTS) is 1. The standard InChI is InChI=1S/C20H27N5O5/c1-20(2,25-7-5-24(6-8-25)19(29)30)10-13-9-14(12-21-11-13)17(27)22-15-3-4-16(26)23-18(15)28/h9,11-12,15H,3-8,10H2,1-2H3,(H,22,27)(H,29,30)(H,23,26,28). The number of hydrogen-bond donors (Lipinski definition) is 3. The van der Waals surface area contributed by atoms with Crippen LogP contribution in [0.1, 0.15) is 42.6 Å². The minimum atomic E-state index is -0.897. The van der Waals surface area contributed by atoms with Gasteiger partial charge in [-0.2, -0.15) is 0 Å². The molecule has 2 fully saturated rings. The first kappa shape index (κ1) is 21.7. The fraction of sp³-hybridized carbons (Fsp3) is 0.550. The maximum Gasteiger partial charge on any atom is 0.407 e. The molecule has 0 radical (unpaired) electrons. The van der Waals surface area contributed by atoms with Gasteiger partial charge in [-0.15, -0.1) is 0 Å². The lowest BCUT2D eigenvalue weighted by molar-refractivity contribution is -0.134. The fourth-order valence-corrected chi connectivity index (χ4v) is 3.90. The Kier molecular flexibility index (Phi) is 6.35. The highest BCUT2D eigenvalue weighted by Gasteiger charge is 2.32. The molecule has 2 aliphatic rings. The number of nitrogens with one attached hydrogen (secondary N) is 2. The van der Waals surface area contributed by atoms with Crippen LogP contribution >= 0.6 is 0 Å². The maximum absolute atomic E-state index is 12.6. The molecular weight excluding hydrogens is 390 g/mol. The zero-order chi connectivity index (χ0) is 21.9. The minimum absolute atomic E-state index is 0.193. The number of imide groups is 1. The van der Waals surface area contributed by atoms with Crippen LogP contribution < -0.4 is 10.6 Å². The molecule has 1 unspecified atom stereocenters. The van der Waals surface area contributed by atoms with E-state index in [4.69, 9.17) is 5.11 Å². The monoisotopic (exact) mass is 417 g/mol. The van der Waals surface area contributed by atoms with Crippen molar-refractivity contribution in [1.82, 2.24) is 25.4 Å². The van der Waals surface area contributed by atoms with Crippen LogP contribution in [0.15, 0.2) is 18.5 Å². The van der Waals surface area contributed by atoms with E-state index in [-0.39, 0.29) is 24.3 Å². The average Bonchev–Trinajstić information content (AvgIpc) is 2.70. The lowest BCUT2D eigenvalue weighted by Gasteiger charge is -2.43. The smallest absolute Gasteiger partial charge is 0.407 e. The van der Waals surface area contributed by atoms with Gasteiger partial charge in [-0.3, -0.25) is 29.6 Å². The molecule has 0 saturated carbocycles. The fourth-order valence-electron chi connectivity index (χ4n) is 3.90. The molecule has 162 valence electrons. The second-order valence-electron chi connectivity index (χ2n) is 8.30. The summed E-state index contributed by atoms with van der Waals surface area (Å²) >= 11 is 0. The van der Waals surface area contributed by atoms with E-state index >= 15 is 0 Å². The predicted octanol–water partition coefficient (Wildman–Crippen LogP) is 0.233. The van der Waals surface area contributed by atoms with Crippen molar-refractivity contribution in [1.29, 1.82) is 0 Å². The third-order valence-electron chi connectivity index (χ3n) is 5.64. The summed E-state index contributed by atoms with van der Waals surface area (Å²) in [5.41, 5.74) is 0.977. The summed E-state index contributed by atoms with van der Waals surface area (Å²) in [6, 6.07) is 1.02. The molecule has 10 heteroatoms. The van der Waals surface area contributed by atoms with Gasteiger partial charge in [0.25, 0.3) is 5.91 Å². The number of amides is 4. The van der Waals surface area contributed by atoms with Crippen LogP contribution in [0.5, 0.6) is 0 Å². The summed E-state index contributed by atoms with van der Waals surface area (Å²) in [7, 11) is 0. The Bertz CT molecular complexity index is 848. The van der Waals surface area contributed by atoms with Crippen LogP contribution in [0.25, 0.3) is 0 Å². The Morgan fingerprint density at radius 3 is 2.57 bits per heavy atom. The van der Waals surface area contributed by atoms with E-state index in [1.54, 1.807) is 12.3 Å². The molecule has 2 saturated heterocycles. The molecule has 30 heavy (non-hydrogen) atoms. The normalized spacial score (nSPS) is 20.6. The van der Waals surface area contributed by atoms with Gasteiger partial charge in [-0.25, -0.2) is 4.79 Å². The number of rotatable bonds is 5. The lowest BCUT2D eigenvalue weighted by Crippen LogP contribution is -2.56. The van der Waals surface area contributed by atoms with Gasteiger partial charge in [-0.05, 0) is 38.3 Å². The van der Waals surface area contributed by atoms with Crippen molar-refractivity contribution >= 4 is 23.8 Å². The van der Waals surface area contributed by atoms with E-state index in [1.165, 1.54) is 11.1 Å². The van der Waals surface area contributed by atoms with Gasteiger partial charge in [0.2, 0.25) is 11.8 Å². The predicted molar refractivity (Wildman–Crippen MR) is 107 cm³/mol. The van der Waals surface area contributed by atoms with Gasteiger partial charge in [0.1, 0.15) is 6.04 Å². The molecule has 2 aliphatic heterocycles. The number of aromatic nitrogens is 1. The molecule has 0 bridgehead atoms. The molecule has 0 aromatic carbocycles. The first-order valence-electron chi connectivity index (χ1n) is 9.97. The highest BCUT2D eigenvalue weighted by molar-refractivity contribution is 6.03. The molecule has 1 aromatic rings. The molecule has 1 aromatic heterocycles. The Morgan fingerprint density at radius 2 is 1.93 bits per heavy atom. The zero-order valence-corrected chi connectivity index (χ0v) is 17.2. The number of nitrogens with zero attached hydrogens (tertiary/aromatic N) is 3. The third kappa shape index (κ3) is 5.12. The van der Waals surface area contributed by atoms with Crippen molar-refractivity contribution in [2.24, 2.45) is 0 Å². The molecule has 0 aliphatic carbocycles. The number of piperidine rings is 1. The van der Waals surface area contributed by atoms with Crippen molar-refractivity contribution in [2.45, 2.75) is 44.7 Å². The van der Waals surface area contributed by atoms with E-state index in [2.05, 4.69) is 34.4 Å². The van der Waals surface area contributed by atoms with Gasteiger partial charge in [0.15, 0.2) is 0 Å². The summed E-state index contributed by atoms with van der Waals surface area (Å²) in [5.74, 6) is -1.24. The van der Waals surface area contributed by atoms with E-state index in [9.17, 15) is 19.2 Å². The van der Waals surface area contributed by atoms with Crippen molar-refractivity contribution in [2.75, 3.05) is 26.2 Å². The Balaban J connectivity index is 1.62. The molecule has 3 rings (SSSR count). The summed E-state index contributed by atoms with van der Waals surface area (Å²) in [5, 5.41) is 14.0. The number of piperazine rings is 1. The van der Waals surface area contributed by atoms with Crippen molar-refractivity contribution in [3.8, 4) is 0 Å². The van der Waals surface area contributed by atoms with E-state index in [0.29, 0.717) is 38.2 Å². The average molecular weight is 417 g/mol. The molecule has 4 amide bonds. The number of hydrogen-bond acceptors (Lipinski definition) is 6. The Morgan fingerprint density at radius 1 is 1.23 bits per heavy atom. The zero-order valence-electron chi connectivity index (χ0n) is 17.2. The molecular formula is C20H27N5O5. The summed E-state index contributed by atoms with van der Waals surface area (Å²) in [4.78, 5) is 54.6. The van der Waals surface area contributed by atoms with Crippen LogP contribution in [0.2, 0.25) is 0 Å². The largest absolute Gasteiger partial charge is 0.465 e. The van der Waals surface area contributed by atoms with Crippen molar-refractivity contribution in [3.63, 3.8) is 0 Å². The number of pyridine rings is 1. The first-order valence-corrected chi connectivity index (χ1v) is 9.97. The molecule has 0 spiro atoms. The lowest BCUT2D eigenvalue weighted by atomic mass is 9.92.